The minimum Gasteiger partial charge on any atom is -0.330 e. The van der Waals surface area contributed by atoms with E-state index in [1.54, 1.807) is 5.56 Å². The van der Waals surface area contributed by atoms with Gasteiger partial charge in [-0.1, -0.05) is 24.3 Å². The Hall–Kier alpha value is -0.860. The standard InChI is InChI=1S/C14H22N2/c1-16(10-4-9-15)11-13-5-2-3-6-14(13)12-7-8-12/h2-3,5-6,12H,4,7-11,15H2,1H3. The number of hydrogen-bond donors (Lipinski definition) is 1. The SMILES string of the molecule is CN(CCCN)Cc1ccccc1C1CC1. The highest BCUT2D eigenvalue weighted by Gasteiger charge is 2.25. The first-order valence-corrected chi connectivity index (χ1v) is 6.27. The van der Waals surface area contributed by atoms with Gasteiger partial charge in [-0.3, -0.25) is 0 Å². The Morgan fingerprint density at radius 2 is 2.06 bits per heavy atom. The summed E-state index contributed by atoms with van der Waals surface area (Å²) in [6, 6.07) is 8.88. The van der Waals surface area contributed by atoms with Crippen LogP contribution in [-0.4, -0.2) is 25.0 Å². The van der Waals surface area contributed by atoms with Crippen molar-refractivity contribution in [2.75, 3.05) is 20.1 Å². The summed E-state index contributed by atoms with van der Waals surface area (Å²) in [4.78, 5) is 2.37. The van der Waals surface area contributed by atoms with E-state index >= 15 is 0 Å². The third-order valence-corrected chi connectivity index (χ3v) is 3.26. The maximum atomic E-state index is 5.53. The number of rotatable bonds is 6. The Morgan fingerprint density at radius 1 is 1.31 bits per heavy atom. The molecule has 2 nitrogen and oxygen atoms in total. The molecule has 1 saturated carbocycles. The third kappa shape index (κ3) is 3.06. The maximum absolute atomic E-state index is 5.53. The first-order chi connectivity index (χ1) is 7.81. The second kappa shape index (κ2) is 5.46. The van der Waals surface area contributed by atoms with E-state index in [0.717, 1.165) is 32.0 Å². The molecule has 88 valence electrons. The summed E-state index contributed by atoms with van der Waals surface area (Å²) in [5.74, 6) is 0.846. The summed E-state index contributed by atoms with van der Waals surface area (Å²) in [6.45, 7) is 2.94. The van der Waals surface area contributed by atoms with E-state index in [4.69, 9.17) is 5.73 Å². The van der Waals surface area contributed by atoms with Gasteiger partial charge in [0.15, 0.2) is 0 Å². The van der Waals surface area contributed by atoms with E-state index in [1.807, 2.05) is 0 Å². The molecule has 1 aliphatic carbocycles. The van der Waals surface area contributed by atoms with Gasteiger partial charge in [0, 0.05) is 6.54 Å². The number of nitrogens with zero attached hydrogens (tertiary/aromatic N) is 1. The van der Waals surface area contributed by atoms with E-state index in [2.05, 4.69) is 36.2 Å². The van der Waals surface area contributed by atoms with Crippen molar-refractivity contribution in [1.82, 2.24) is 4.90 Å². The van der Waals surface area contributed by atoms with Crippen LogP contribution >= 0.6 is 0 Å². The van der Waals surface area contributed by atoms with Crippen molar-refractivity contribution >= 4 is 0 Å². The van der Waals surface area contributed by atoms with Gasteiger partial charge in [-0.05, 0) is 56.4 Å². The fourth-order valence-electron chi connectivity index (χ4n) is 2.20. The van der Waals surface area contributed by atoms with E-state index in [-0.39, 0.29) is 0 Å². The molecule has 0 bridgehead atoms. The second-order valence-electron chi connectivity index (χ2n) is 4.85. The Labute approximate surface area is 98.4 Å². The zero-order valence-electron chi connectivity index (χ0n) is 10.2. The normalized spacial score (nSPS) is 15.7. The summed E-state index contributed by atoms with van der Waals surface area (Å²) < 4.78 is 0. The molecule has 0 saturated heterocycles. The predicted octanol–water partition coefficient (Wildman–Crippen LogP) is 2.34. The summed E-state index contributed by atoms with van der Waals surface area (Å²) in [7, 11) is 2.18. The highest BCUT2D eigenvalue weighted by Crippen LogP contribution is 2.41. The molecule has 0 unspecified atom stereocenters. The predicted molar refractivity (Wildman–Crippen MR) is 68.4 cm³/mol. The van der Waals surface area contributed by atoms with Gasteiger partial charge >= 0.3 is 0 Å². The average molecular weight is 218 g/mol. The molecular weight excluding hydrogens is 196 g/mol. The Balaban J connectivity index is 1.97. The van der Waals surface area contributed by atoms with Crippen LogP contribution in [0.3, 0.4) is 0 Å². The van der Waals surface area contributed by atoms with Gasteiger partial charge in [0.1, 0.15) is 0 Å². The molecule has 0 atom stereocenters. The van der Waals surface area contributed by atoms with Crippen LogP contribution in [0.1, 0.15) is 36.3 Å². The van der Waals surface area contributed by atoms with E-state index in [1.165, 1.54) is 18.4 Å². The zero-order chi connectivity index (χ0) is 11.4. The molecule has 0 spiro atoms. The molecule has 0 radical (unpaired) electrons. The highest BCUT2D eigenvalue weighted by atomic mass is 15.1. The number of benzene rings is 1. The van der Waals surface area contributed by atoms with Crippen molar-refractivity contribution in [1.29, 1.82) is 0 Å². The van der Waals surface area contributed by atoms with E-state index in [0.29, 0.717) is 0 Å². The van der Waals surface area contributed by atoms with Gasteiger partial charge in [0.25, 0.3) is 0 Å². The molecule has 1 aromatic carbocycles. The van der Waals surface area contributed by atoms with Gasteiger partial charge in [0.05, 0.1) is 0 Å². The lowest BCUT2D eigenvalue weighted by molar-refractivity contribution is 0.323. The van der Waals surface area contributed by atoms with Crippen LogP contribution in [0.5, 0.6) is 0 Å². The monoisotopic (exact) mass is 218 g/mol. The van der Waals surface area contributed by atoms with Gasteiger partial charge < -0.3 is 10.6 Å². The Bertz CT molecular complexity index is 331. The van der Waals surface area contributed by atoms with Gasteiger partial charge in [-0.15, -0.1) is 0 Å². The Kier molecular flexibility index (Phi) is 3.97. The van der Waals surface area contributed by atoms with Crippen LogP contribution in [0.15, 0.2) is 24.3 Å². The quantitative estimate of drug-likeness (QED) is 0.794. The van der Waals surface area contributed by atoms with Crippen molar-refractivity contribution < 1.29 is 0 Å². The van der Waals surface area contributed by atoms with Gasteiger partial charge in [-0.25, -0.2) is 0 Å². The van der Waals surface area contributed by atoms with Crippen molar-refractivity contribution in [3.63, 3.8) is 0 Å². The molecular formula is C14H22N2. The third-order valence-electron chi connectivity index (χ3n) is 3.26. The number of hydrogen-bond acceptors (Lipinski definition) is 2. The van der Waals surface area contributed by atoms with Crippen LogP contribution in [-0.2, 0) is 6.54 Å². The smallest absolute Gasteiger partial charge is 0.0233 e. The lowest BCUT2D eigenvalue weighted by Crippen LogP contribution is -2.21. The summed E-state index contributed by atoms with van der Waals surface area (Å²) >= 11 is 0. The molecule has 0 aliphatic heterocycles. The molecule has 16 heavy (non-hydrogen) atoms. The molecule has 0 amide bonds. The summed E-state index contributed by atoms with van der Waals surface area (Å²) in [6.07, 6.45) is 3.84. The molecule has 1 fully saturated rings. The minimum atomic E-state index is 0.786. The van der Waals surface area contributed by atoms with Crippen molar-refractivity contribution in [2.45, 2.75) is 31.7 Å². The lowest BCUT2D eigenvalue weighted by Gasteiger charge is -2.18. The molecule has 1 aromatic rings. The summed E-state index contributed by atoms with van der Waals surface area (Å²) in [5, 5.41) is 0. The number of nitrogens with two attached hydrogens (primary N) is 1. The van der Waals surface area contributed by atoms with Crippen LogP contribution < -0.4 is 5.73 Å². The molecule has 2 heteroatoms. The maximum Gasteiger partial charge on any atom is 0.0233 e. The van der Waals surface area contributed by atoms with Crippen molar-refractivity contribution in [3.05, 3.63) is 35.4 Å². The van der Waals surface area contributed by atoms with Crippen LogP contribution in [0.25, 0.3) is 0 Å². The molecule has 2 N–H and O–H groups in total. The van der Waals surface area contributed by atoms with E-state index in [9.17, 15) is 0 Å². The average Bonchev–Trinajstić information content (AvgIpc) is 3.11. The van der Waals surface area contributed by atoms with Crippen LogP contribution in [0.4, 0.5) is 0 Å². The van der Waals surface area contributed by atoms with Crippen molar-refractivity contribution in [2.24, 2.45) is 5.73 Å². The zero-order valence-corrected chi connectivity index (χ0v) is 10.2. The lowest BCUT2D eigenvalue weighted by atomic mass is 10.0. The second-order valence-corrected chi connectivity index (χ2v) is 4.85. The van der Waals surface area contributed by atoms with Crippen LogP contribution in [0, 0.1) is 0 Å². The van der Waals surface area contributed by atoms with Crippen molar-refractivity contribution in [3.8, 4) is 0 Å². The fourth-order valence-corrected chi connectivity index (χ4v) is 2.20. The molecule has 0 aromatic heterocycles. The molecule has 1 aliphatic rings. The largest absolute Gasteiger partial charge is 0.330 e. The molecule has 2 rings (SSSR count). The topological polar surface area (TPSA) is 29.3 Å². The first-order valence-electron chi connectivity index (χ1n) is 6.27. The minimum absolute atomic E-state index is 0.786. The first kappa shape index (κ1) is 11.6. The van der Waals surface area contributed by atoms with E-state index < -0.39 is 0 Å². The highest BCUT2D eigenvalue weighted by molar-refractivity contribution is 5.33. The fraction of sp³-hybridized carbons (Fsp3) is 0.571. The molecule has 0 heterocycles. The van der Waals surface area contributed by atoms with Crippen LogP contribution in [0.2, 0.25) is 0 Å². The summed E-state index contributed by atoms with van der Waals surface area (Å²) in [5.41, 5.74) is 8.61. The van der Waals surface area contributed by atoms with Gasteiger partial charge in [0.2, 0.25) is 0 Å². The van der Waals surface area contributed by atoms with Gasteiger partial charge in [-0.2, -0.15) is 0 Å². The Morgan fingerprint density at radius 3 is 2.75 bits per heavy atom.